The van der Waals surface area contributed by atoms with Gasteiger partial charge >= 0.3 is 6.18 Å². The fourth-order valence-electron chi connectivity index (χ4n) is 2.92. The Bertz CT molecular complexity index is 759. The number of halogens is 3. The van der Waals surface area contributed by atoms with E-state index in [0.717, 1.165) is 11.1 Å². The number of fused-ring (bicyclic) bond motifs is 1. The molecule has 0 bridgehead atoms. The van der Waals surface area contributed by atoms with E-state index in [1.807, 2.05) is 38.1 Å². The molecule has 2 aromatic rings. The summed E-state index contributed by atoms with van der Waals surface area (Å²) in [5.41, 5.74) is 7.50. The Balaban J connectivity index is 2.06. The number of nitrogens with one attached hydrogen (secondary N) is 1. The van der Waals surface area contributed by atoms with Crippen LogP contribution in [-0.2, 0) is 6.18 Å². The summed E-state index contributed by atoms with van der Waals surface area (Å²) in [4.78, 5) is 0. The molecule has 2 heterocycles. The zero-order valence-electron chi connectivity index (χ0n) is 13.4. The fraction of sp³-hybridized carbons (Fsp3) is 0.353. The first-order chi connectivity index (χ1) is 11.3. The Morgan fingerprint density at radius 2 is 1.96 bits per heavy atom. The van der Waals surface area contributed by atoms with E-state index in [-0.39, 0.29) is 11.5 Å². The second-order valence-corrected chi connectivity index (χ2v) is 6.10. The fourth-order valence-corrected chi connectivity index (χ4v) is 2.92. The Morgan fingerprint density at radius 1 is 1.29 bits per heavy atom. The van der Waals surface area contributed by atoms with Gasteiger partial charge in [0, 0.05) is 24.2 Å². The largest absolute Gasteiger partial charge is 0.435 e. The number of nitrogens with two attached hydrogens (primary N) is 1. The summed E-state index contributed by atoms with van der Waals surface area (Å²) in [6, 6.07) is 7.70. The van der Waals surface area contributed by atoms with Gasteiger partial charge in [0.25, 0.3) is 0 Å². The van der Waals surface area contributed by atoms with Crippen molar-refractivity contribution in [3.05, 3.63) is 52.3 Å². The first kappa shape index (κ1) is 16.7. The monoisotopic (exact) mass is 336 g/mol. The summed E-state index contributed by atoms with van der Waals surface area (Å²) < 4.78 is 41.3. The van der Waals surface area contributed by atoms with Crippen LogP contribution in [0.2, 0.25) is 0 Å². The summed E-state index contributed by atoms with van der Waals surface area (Å²) >= 11 is 0. The van der Waals surface area contributed by atoms with Crippen molar-refractivity contribution in [3.8, 4) is 0 Å². The van der Waals surface area contributed by atoms with Crippen LogP contribution in [0, 0.1) is 6.92 Å². The minimum atomic E-state index is -4.54. The van der Waals surface area contributed by atoms with Crippen LogP contribution < -0.4 is 11.1 Å². The Morgan fingerprint density at radius 3 is 2.58 bits per heavy atom. The lowest BCUT2D eigenvalue weighted by atomic mass is 9.95. The highest BCUT2D eigenvalue weighted by molar-refractivity contribution is 5.61. The third kappa shape index (κ3) is 3.09. The van der Waals surface area contributed by atoms with Crippen LogP contribution in [0.4, 0.5) is 13.2 Å². The van der Waals surface area contributed by atoms with Gasteiger partial charge in [-0.05, 0) is 18.6 Å². The van der Waals surface area contributed by atoms with E-state index in [4.69, 9.17) is 5.73 Å². The van der Waals surface area contributed by atoms with Crippen LogP contribution in [0.1, 0.15) is 47.1 Å². The van der Waals surface area contributed by atoms with Crippen molar-refractivity contribution in [1.29, 1.82) is 0 Å². The summed E-state index contributed by atoms with van der Waals surface area (Å²) in [5, 5.41) is 6.68. The maximum absolute atomic E-state index is 13.3. The molecular weight excluding hydrogens is 317 g/mol. The van der Waals surface area contributed by atoms with Crippen molar-refractivity contribution < 1.29 is 13.2 Å². The number of alkyl halides is 3. The van der Waals surface area contributed by atoms with Gasteiger partial charge in [-0.25, -0.2) is 4.68 Å². The molecule has 0 amide bonds. The van der Waals surface area contributed by atoms with Gasteiger partial charge in [0.15, 0.2) is 5.69 Å². The third-order valence-electron chi connectivity index (χ3n) is 4.16. The van der Waals surface area contributed by atoms with Crippen LogP contribution >= 0.6 is 0 Å². The number of hydrogen-bond donors (Lipinski definition) is 2. The summed E-state index contributed by atoms with van der Waals surface area (Å²) in [6.45, 7) is 4.34. The number of aromatic nitrogens is 2. The van der Waals surface area contributed by atoms with Crippen LogP contribution in [0.15, 0.2) is 24.3 Å². The lowest BCUT2D eigenvalue weighted by Gasteiger charge is -2.26. The number of nitrogens with zero attached hydrogens (tertiary/aromatic N) is 2. The van der Waals surface area contributed by atoms with Crippen molar-refractivity contribution in [2.45, 2.75) is 32.1 Å². The highest BCUT2D eigenvalue weighted by Crippen LogP contribution is 2.39. The molecule has 24 heavy (non-hydrogen) atoms. The standard InChI is InChI=1S/C17H19F3N4/c1-10-3-5-12(6-4-10)7-8-24-14-11(2)9-22-16(21)13(14)15(23-24)17(18,19)20/h3-8,11,16,22H,9,21H2,1-2H3/b8-7+. The van der Waals surface area contributed by atoms with Crippen molar-refractivity contribution >= 4 is 12.3 Å². The molecule has 7 heteroatoms. The van der Waals surface area contributed by atoms with Crippen LogP contribution in [0.25, 0.3) is 12.3 Å². The molecule has 0 spiro atoms. The molecular formula is C17H19F3N4. The summed E-state index contributed by atoms with van der Waals surface area (Å²) in [5.74, 6) is -0.119. The maximum atomic E-state index is 13.3. The predicted octanol–water partition coefficient (Wildman–Crippen LogP) is 3.50. The van der Waals surface area contributed by atoms with E-state index < -0.39 is 18.0 Å². The van der Waals surface area contributed by atoms with E-state index in [9.17, 15) is 13.2 Å². The molecule has 2 unspecified atom stereocenters. The van der Waals surface area contributed by atoms with Crippen molar-refractivity contribution in [2.75, 3.05) is 6.54 Å². The maximum Gasteiger partial charge on any atom is 0.435 e. The normalized spacial score (nSPS) is 21.2. The lowest BCUT2D eigenvalue weighted by molar-refractivity contribution is -0.142. The van der Waals surface area contributed by atoms with Crippen LogP contribution in [0.5, 0.6) is 0 Å². The lowest BCUT2D eigenvalue weighted by Crippen LogP contribution is -2.38. The molecule has 1 aromatic heterocycles. The molecule has 1 aromatic carbocycles. The van der Waals surface area contributed by atoms with E-state index in [1.165, 1.54) is 4.68 Å². The second kappa shape index (κ2) is 6.07. The first-order valence-corrected chi connectivity index (χ1v) is 7.70. The minimum absolute atomic E-state index is 0.0369. The summed E-state index contributed by atoms with van der Waals surface area (Å²) in [7, 11) is 0. The molecule has 128 valence electrons. The van der Waals surface area contributed by atoms with Gasteiger partial charge in [0.2, 0.25) is 0 Å². The highest BCUT2D eigenvalue weighted by atomic mass is 19.4. The number of rotatable bonds is 2. The molecule has 3 rings (SSSR count). The molecule has 4 nitrogen and oxygen atoms in total. The second-order valence-electron chi connectivity index (χ2n) is 6.10. The molecule has 1 aliphatic heterocycles. The smallest absolute Gasteiger partial charge is 0.312 e. The van der Waals surface area contributed by atoms with E-state index in [0.29, 0.717) is 12.2 Å². The van der Waals surface area contributed by atoms with Gasteiger partial charge in [0.1, 0.15) is 0 Å². The number of hydrogen-bond acceptors (Lipinski definition) is 3. The van der Waals surface area contributed by atoms with Gasteiger partial charge < -0.3 is 5.73 Å². The average molecular weight is 336 g/mol. The molecule has 0 saturated carbocycles. The predicted molar refractivity (Wildman–Crippen MR) is 87.0 cm³/mol. The molecule has 0 radical (unpaired) electrons. The minimum Gasteiger partial charge on any atom is -0.312 e. The van der Waals surface area contributed by atoms with Gasteiger partial charge in [-0.1, -0.05) is 36.8 Å². The van der Waals surface area contributed by atoms with Gasteiger partial charge in [0.05, 0.1) is 11.9 Å². The molecule has 0 fully saturated rings. The Hall–Kier alpha value is -2.12. The molecule has 1 aliphatic rings. The van der Waals surface area contributed by atoms with Gasteiger partial charge in [-0.15, -0.1) is 0 Å². The zero-order valence-corrected chi connectivity index (χ0v) is 13.4. The van der Waals surface area contributed by atoms with Gasteiger partial charge in [-0.2, -0.15) is 18.3 Å². The van der Waals surface area contributed by atoms with E-state index >= 15 is 0 Å². The first-order valence-electron chi connectivity index (χ1n) is 7.70. The van der Waals surface area contributed by atoms with E-state index in [2.05, 4.69) is 10.4 Å². The van der Waals surface area contributed by atoms with Crippen molar-refractivity contribution in [1.82, 2.24) is 15.1 Å². The molecule has 0 saturated heterocycles. The average Bonchev–Trinajstić information content (AvgIpc) is 2.91. The van der Waals surface area contributed by atoms with E-state index in [1.54, 1.807) is 12.3 Å². The number of aryl methyl sites for hydroxylation is 1. The Labute approximate surface area is 138 Å². The topological polar surface area (TPSA) is 55.9 Å². The molecule has 3 N–H and O–H groups in total. The highest BCUT2D eigenvalue weighted by Gasteiger charge is 2.42. The van der Waals surface area contributed by atoms with Crippen LogP contribution in [0.3, 0.4) is 0 Å². The van der Waals surface area contributed by atoms with Gasteiger partial charge in [-0.3, -0.25) is 5.32 Å². The van der Waals surface area contributed by atoms with Crippen molar-refractivity contribution in [2.24, 2.45) is 5.73 Å². The SMILES string of the molecule is Cc1ccc(/C=C/n2nc(C(F)(F)F)c3c2C(C)CNC3N)cc1. The number of benzene rings is 1. The molecule has 2 atom stereocenters. The Kier molecular flexibility index (Phi) is 4.23. The quantitative estimate of drug-likeness (QED) is 0.882. The van der Waals surface area contributed by atoms with Crippen molar-refractivity contribution in [3.63, 3.8) is 0 Å². The van der Waals surface area contributed by atoms with Crippen LogP contribution in [-0.4, -0.2) is 16.3 Å². The zero-order chi connectivity index (χ0) is 17.5. The third-order valence-corrected chi connectivity index (χ3v) is 4.16. The molecule has 0 aliphatic carbocycles. The summed E-state index contributed by atoms with van der Waals surface area (Å²) in [6.07, 6.45) is -2.10.